The molecule has 2 aromatic rings. The van der Waals surface area contributed by atoms with Gasteiger partial charge >= 0.3 is 0 Å². The third kappa shape index (κ3) is 3.68. The summed E-state index contributed by atoms with van der Waals surface area (Å²) < 4.78 is 5.70. The van der Waals surface area contributed by atoms with Crippen molar-refractivity contribution in [2.24, 2.45) is 0 Å². The van der Waals surface area contributed by atoms with Crippen LogP contribution in [-0.2, 0) is 6.42 Å². The van der Waals surface area contributed by atoms with Gasteiger partial charge in [0.1, 0.15) is 0 Å². The van der Waals surface area contributed by atoms with Gasteiger partial charge in [-0.1, -0.05) is 6.92 Å². The molecule has 0 bridgehead atoms. The topological polar surface area (TPSA) is 38.1 Å². The molecule has 0 aliphatic carbocycles. The van der Waals surface area contributed by atoms with Crippen LogP contribution in [0.4, 0.5) is 0 Å². The van der Waals surface area contributed by atoms with Crippen molar-refractivity contribution in [3.05, 3.63) is 28.9 Å². The lowest BCUT2D eigenvalue weighted by Crippen LogP contribution is -2.16. The van der Waals surface area contributed by atoms with Crippen LogP contribution in [0.3, 0.4) is 0 Å². The van der Waals surface area contributed by atoms with E-state index in [1.807, 2.05) is 11.6 Å². The molecule has 17 heavy (non-hydrogen) atoms. The molecule has 4 heteroatoms. The smallest absolute Gasteiger partial charge is 0.194 e. The molecular weight excluding hydrogens is 232 g/mol. The predicted molar refractivity (Wildman–Crippen MR) is 71.3 cm³/mol. The molecule has 0 saturated heterocycles. The molecule has 92 valence electrons. The van der Waals surface area contributed by atoms with Crippen molar-refractivity contribution in [3.8, 4) is 11.3 Å². The minimum Gasteiger partial charge on any atom is -0.441 e. The van der Waals surface area contributed by atoms with Crippen LogP contribution < -0.4 is 5.32 Å². The molecule has 0 aromatic carbocycles. The lowest BCUT2D eigenvalue weighted by atomic mass is 10.3. The van der Waals surface area contributed by atoms with Gasteiger partial charge in [0.15, 0.2) is 11.7 Å². The molecule has 2 aromatic heterocycles. The Hall–Kier alpha value is -1.13. The van der Waals surface area contributed by atoms with E-state index in [1.54, 1.807) is 11.3 Å². The Morgan fingerprint density at radius 2 is 2.35 bits per heavy atom. The highest BCUT2D eigenvalue weighted by Gasteiger charge is 2.05. The molecule has 0 amide bonds. The summed E-state index contributed by atoms with van der Waals surface area (Å²) >= 11 is 1.67. The van der Waals surface area contributed by atoms with E-state index >= 15 is 0 Å². The predicted octanol–water partition coefficient (Wildman–Crippen LogP) is 3.34. The highest BCUT2D eigenvalue weighted by atomic mass is 32.1. The van der Waals surface area contributed by atoms with Crippen molar-refractivity contribution < 1.29 is 4.42 Å². The number of hydrogen-bond acceptors (Lipinski definition) is 4. The summed E-state index contributed by atoms with van der Waals surface area (Å²) in [7, 11) is 0. The average Bonchev–Trinajstić information content (AvgIpc) is 2.99. The Kier molecular flexibility index (Phi) is 4.76. The molecule has 3 nitrogen and oxygen atoms in total. The number of hydrogen-bond donors (Lipinski definition) is 1. The van der Waals surface area contributed by atoms with Crippen LogP contribution in [0.5, 0.6) is 0 Å². The Morgan fingerprint density at radius 3 is 3.12 bits per heavy atom. The number of aromatic nitrogens is 1. The van der Waals surface area contributed by atoms with Crippen molar-refractivity contribution in [2.45, 2.75) is 26.2 Å². The van der Waals surface area contributed by atoms with E-state index in [0.717, 1.165) is 43.1 Å². The van der Waals surface area contributed by atoms with Gasteiger partial charge in [0.2, 0.25) is 0 Å². The van der Waals surface area contributed by atoms with Gasteiger partial charge in [0.25, 0.3) is 0 Å². The second kappa shape index (κ2) is 6.57. The fourth-order valence-electron chi connectivity index (χ4n) is 1.63. The number of oxazole rings is 1. The van der Waals surface area contributed by atoms with Crippen molar-refractivity contribution in [3.63, 3.8) is 0 Å². The first-order valence-corrected chi connectivity index (χ1v) is 7.02. The highest BCUT2D eigenvalue weighted by molar-refractivity contribution is 7.08. The quantitative estimate of drug-likeness (QED) is 0.766. The summed E-state index contributed by atoms with van der Waals surface area (Å²) in [6.45, 7) is 4.30. The largest absolute Gasteiger partial charge is 0.441 e. The fourth-order valence-corrected chi connectivity index (χ4v) is 2.28. The molecule has 0 atom stereocenters. The molecule has 0 unspecified atom stereocenters. The van der Waals surface area contributed by atoms with E-state index in [4.69, 9.17) is 4.42 Å². The van der Waals surface area contributed by atoms with E-state index in [9.17, 15) is 0 Å². The summed E-state index contributed by atoms with van der Waals surface area (Å²) in [6.07, 6.45) is 4.97. The third-order valence-electron chi connectivity index (χ3n) is 2.53. The Bertz CT molecular complexity index is 422. The average molecular weight is 250 g/mol. The molecule has 0 aliphatic heterocycles. The van der Waals surface area contributed by atoms with Gasteiger partial charge in [-0.2, -0.15) is 11.3 Å². The van der Waals surface area contributed by atoms with Crippen LogP contribution in [0.25, 0.3) is 11.3 Å². The van der Waals surface area contributed by atoms with Gasteiger partial charge < -0.3 is 9.73 Å². The van der Waals surface area contributed by atoms with E-state index in [1.165, 1.54) is 6.42 Å². The Morgan fingerprint density at radius 1 is 1.41 bits per heavy atom. The molecule has 0 radical (unpaired) electrons. The second-order valence-corrected chi connectivity index (χ2v) is 4.76. The molecule has 2 heterocycles. The fraction of sp³-hybridized carbons (Fsp3) is 0.462. The first-order valence-electron chi connectivity index (χ1n) is 6.08. The van der Waals surface area contributed by atoms with Crippen LogP contribution in [0, 0.1) is 0 Å². The lowest BCUT2D eigenvalue weighted by Gasteiger charge is -2.00. The molecule has 0 fully saturated rings. The monoisotopic (exact) mass is 250 g/mol. The second-order valence-electron chi connectivity index (χ2n) is 3.98. The molecule has 1 N–H and O–H groups in total. The summed E-state index contributed by atoms with van der Waals surface area (Å²) in [6, 6.07) is 2.05. The summed E-state index contributed by atoms with van der Waals surface area (Å²) in [4.78, 5) is 4.30. The number of nitrogens with zero attached hydrogens (tertiary/aromatic N) is 1. The van der Waals surface area contributed by atoms with Crippen LogP contribution in [0.15, 0.2) is 27.4 Å². The van der Waals surface area contributed by atoms with Crippen molar-refractivity contribution >= 4 is 11.3 Å². The standard InChI is InChI=1S/C13H18N2OS/c1-2-6-14-7-3-4-13-15-9-12(16-13)11-5-8-17-10-11/h5,8-10,14H,2-4,6-7H2,1H3. The maximum absolute atomic E-state index is 5.70. The number of aryl methyl sites for hydroxylation is 1. The number of rotatable bonds is 7. The molecular formula is C13H18N2OS. The first-order chi connectivity index (χ1) is 8.40. The SMILES string of the molecule is CCCNCCCc1ncc(-c2ccsc2)o1. The first kappa shape index (κ1) is 12.3. The van der Waals surface area contributed by atoms with Gasteiger partial charge in [0, 0.05) is 17.4 Å². The van der Waals surface area contributed by atoms with Gasteiger partial charge in [-0.25, -0.2) is 4.98 Å². The molecule has 2 rings (SSSR count). The molecule has 0 saturated carbocycles. The van der Waals surface area contributed by atoms with E-state index in [-0.39, 0.29) is 0 Å². The van der Waals surface area contributed by atoms with Crippen LogP contribution in [0.1, 0.15) is 25.7 Å². The zero-order valence-corrected chi connectivity index (χ0v) is 10.9. The summed E-state index contributed by atoms with van der Waals surface area (Å²) in [5, 5.41) is 7.50. The van der Waals surface area contributed by atoms with Crippen molar-refractivity contribution in [2.75, 3.05) is 13.1 Å². The van der Waals surface area contributed by atoms with Crippen molar-refractivity contribution in [1.29, 1.82) is 0 Å². The third-order valence-corrected chi connectivity index (χ3v) is 3.21. The van der Waals surface area contributed by atoms with Gasteiger partial charge in [-0.3, -0.25) is 0 Å². The van der Waals surface area contributed by atoms with Gasteiger partial charge in [-0.05, 0) is 37.4 Å². The van der Waals surface area contributed by atoms with Gasteiger partial charge in [-0.15, -0.1) is 0 Å². The molecule has 0 aliphatic rings. The minimum atomic E-state index is 0.837. The van der Waals surface area contributed by atoms with E-state index in [0.29, 0.717) is 0 Å². The van der Waals surface area contributed by atoms with Crippen LogP contribution >= 0.6 is 11.3 Å². The summed E-state index contributed by atoms with van der Waals surface area (Å²) in [5.41, 5.74) is 1.12. The van der Waals surface area contributed by atoms with Crippen molar-refractivity contribution in [1.82, 2.24) is 10.3 Å². The minimum absolute atomic E-state index is 0.837. The van der Waals surface area contributed by atoms with Crippen LogP contribution in [-0.4, -0.2) is 18.1 Å². The highest BCUT2D eigenvalue weighted by Crippen LogP contribution is 2.22. The summed E-state index contributed by atoms with van der Waals surface area (Å²) in [5.74, 6) is 1.72. The zero-order valence-electron chi connectivity index (χ0n) is 10.1. The Balaban J connectivity index is 1.79. The number of nitrogens with one attached hydrogen (secondary N) is 1. The molecule has 0 spiro atoms. The normalized spacial score (nSPS) is 10.9. The number of thiophene rings is 1. The maximum Gasteiger partial charge on any atom is 0.194 e. The zero-order chi connectivity index (χ0) is 11.9. The van der Waals surface area contributed by atoms with Crippen LogP contribution in [0.2, 0.25) is 0 Å². The van der Waals surface area contributed by atoms with E-state index < -0.39 is 0 Å². The van der Waals surface area contributed by atoms with Gasteiger partial charge in [0.05, 0.1) is 6.20 Å². The maximum atomic E-state index is 5.70. The lowest BCUT2D eigenvalue weighted by molar-refractivity contribution is 0.492. The van der Waals surface area contributed by atoms with E-state index in [2.05, 4.69) is 28.7 Å². The Labute approximate surface area is 106 Å².